The van der Waals surface area contributed by atoms with Crippen LogP contribution in [-0.4, -0.2) is 18.5 Å². The summed E-state index contributed by atoms with van der Waals surface area (Å²) in [6.45, 7) is -0.399. The van der Waals surface area contributed by atoms with Crippen LogP contribution in [0.15, 0.2) is 45.3 Å². The summed E-state index contributed by atoms with van der Waals surface area (Å²) in [5, 5.41) is 3.40. The molecule has 1 amide bonds. The normalized spacial score (nSPS) is 10.3. The minimum absolute atomic E-state index is 0.103. The van der Waals surface area contributed by atoms with Gasteiger partial charge in [0.1, 0.15) is 0 Å². The van der Waals surface area contributed by atoms with Crippen molar-refractivity contribution in [2.75, 3.05) is 11.9 Å². The van der Waals surface area contributed by atoms with Gasteiger partial charge >= 0.3 is 5.97 Å². The van der Waals surface area contributed by atoms with Gasteiger partial charge in [-0.05, 0) is 46.3 Å². The van der Waals surface area contributed by atoms with Crippen LogP contribution in [-0.2, 0) is 20.7 Å². The molecule has 2 aromatic carbocycles. The van der Waals surface area contributed by atoms with E-state index in [1.165, 1.54) is 0 Å². The largest absolute Gasteiger partial charge is 0.455 e. The lowest BCUT2D eigenvalue weighted by Crippen LogP contribution is -2.22. The lowest BCUT2D eigenvalue weighted by molar-refractivity contribution is -0.146. The van der Waals surface area contributed by atoms with E-state index in [9.17, 15) is 9.59 Å². The van der Waals surface area contributed by atoms with Gasteiger partial charge in [-0.1, -0.05) is 45.2 Å². The SMILES string of the molecule is O=C(COC(=O)Cc1c(Cl)cccc1Cl)Nc1ccc(Br)cc1Br. The smallest absolute Gasteiger partial charge is 0.310 e. The Balaban J connectivity index is 1.88. The van der Waals surface area contributed by atoms with Gasteiger partial charge in [0.15, 0.2) is 6.61 Å². The zero-order chi connectivity index (χ0) is 17.7. The Morgan fingerprint density at radius 2 is 1.75 bits per heavy atom. The molecule has 4 nitrogen and oxygen atoms in total. The number of hydrogen-bond acceptors (Lipinski definition) is 3. The molecule has 0 saturated carbocycles. The molecule has 0 bridgehead atoms. The highest BCUT2D eigenvalue weighted by atomic mass is 79.9. The number of rotatable bonds is 5. The molecule has 0 radical (unpaired) electrons. The van der Waals surface area contributed by atoms with Crippen LogP contribution in [0.2, 0.25) is 10.0 Å². The average Bonchev–Trinajstić information content (AvgIpc) is 2.52. The van der Waals surface area contributed by atoms with Crippen LogP contribution in [0.25, 0.3) is 0 Å². The van der Waals surface area contributed by atoms with Crippen molar-refractivity contribution in [1.29, 1.82) is 0 Å². The summed E-state index contributed by atoms with van der Waals surface area (Å²) >= 11 is 18.6. The third-order valence-electron chi connectivity index (χ3n) is 2.95. The molecule has 0 unspecified atom stereocenters. The number of halogens is 4. The first-order chi connectivity index (χ1) is 11.4. The van der Waals surface area contributed by atoms with Gasteiger partial charge in [0.25, 0.3) is 5.91 Å². The minimum Gasteiger partial charge on any atom is -0.455 e. The van der Waals surface area contributed by atoms with Crippen LogP contribution in [0.1, 0.15) is 5.56 Å². The Labute approximate surface area is 165 Å². The molecule has 0 aliphatic heterocycles. The van der Waals surface area contributed by atoms with E-state index in [0.29, 0.717) is 25.8 Å². The van der Waals surface area contributed by atoms with Crippen molar-refractivity contribution in [1.82, 2.24) is 0 Å². The molecule has 0 aliphatic rings. The zero-order valence-corrected chi connectivity index (χ0v) is 16.8. The Kier molecular flexibility index (Phi) is 7.10. The van der Waals surface area contributed by atoms with E-state index in [4.69, 9.17) is 27.9 Å². The molecule has 0 fully saturated rings. The molecule has 0 saturated heterocycles. The molecule has 2 rings (SSSR count). The van der Waals surface area contributed by atoms with Gasteiger partial charge in [0.05, 0.1) is 12.1 Å². The molecular formula is C16H11Br2Cl2NO3. The van der Waals surface area contributed by atoms with E-state index >= 15 is 0 Å². The second kappa shape index (κ2) is 8.85. The fourth-order valence-electron chi connectivity index (χ4n) is 1.82. The molecule has 24 heavy (non-hydrogen) atoms. The van der Waals surface area contributed by atoms with Crippen molar-refractivity contribution in [3.63, 3.8) is 0 Å². The maximum atomic E-state index is 11.9. The highest BCUT2D eigenvalue weighted by molar-refractivity contribution is 9.11. The van der Waals surface area contributed by atoms with Crippen molar-refractivity contribution < 1.29 is 14.3 Å². The number of anilines is 1. The topological polar surface area (TPSA) is 55.4 Å². The molecule has 126 valence electrons. The van der Waals surface area contributed by atoms with E-state index in [1.807, 2.05) is 0 Å². The highest BCUT2D eigenvalue weighted by Gasteiger charge is 2.14. The lowest BCUT2D eigenvalue weighted by atomic mass is 10.1. The molecule has 2 aromatic rings. The van der Waals surface area contributed by atoms with Crippen molar-refractivity contribution in [3.05, 3.63) is 61.0 Å². The Bertz CT molecular complexity index is 764. The number of carbonyl (C=O) groups is 2. The monoisotopic (exact) mass is 493 g/mol. The molecule has 0 atom stereocenters. The first-order valence-electron chi connectivity index (χ1n) is 6.70. The molecular weight excluding hydrogens is 485 g/mol. The minimum atomic E-state index is -0.588. The van der Waals surface area contributed by atoms with Crippen LogP contribution < -0.4 is 5.32 Å². The molecule has 1 N–H and O–H groups in total. The van der Waals surface area contributed by atoms with Crippen LogP contribution in [0, 0.1) is 0 Å². The van der Waals surface area contributed by atoms with Gasteiger partial charge in [-0.25, -0.2) is 0 Å². The first-order valence-corrected chi connectivity index (χ1v) is 9.04. The van der Waals surface area contributed by atoms with Crippen molar-refractivity contribution in [2.24, 2.45) is 0 Å². The molecule has 0 spiro atoms. The number of ether oxygens (including phenoxy) is 1. The summed E-state index contributed by atoms with van der Waals surface area (Å²) in [7, 11) is 0. The average molecular weight is 496 g/mol. The van der Waals surface area contributed by atoms with Crippen LogP contribution >= 0.6 is 55.1 Å². The fraction of sp³-hybridized carbons (Fsp3) is 0.125. The third kappa shape index (κ3) is 5.48. The number of hydrogen-bond donors (Lipinski definition) is 1. The van der Waals surface area contributed by atoms with Crippen LogP contribution in [0.4, 0.5) is 5.69 Å². The van der Waals surface area contributed by atoms with E-state index in [2.05, 4.69) is 37.2 Å². The Morgan fingerprint density at radius 3 is 2.38 bits per heavy atom. The predicted molar refractivity (Wildman–Crippen MR) is 102 cm³/mol. The Hall–Kier alpha value is -1.08. The van der Waals surface area contributed by atoms with Gasteiger partial charge in [-0.15, -0.1) is 0 Å². The summed E-state index contributed by atoms with van der Waals surface area (Å²) in [6.07, 6.45) is -0.103. The van der Waals surface area contributed by atoms with Gasteiger partial charge in [0, 0.05) is 24.6 Å². The van der Waals surface area contributed by atoms with Gasteiger partial charge in [0.2, 0.25) is 0 Å². The maximum absolute atomic E-state index is 11.9. The zero-order valence-electron chi connectivity index (χ0n) is 12.1. The predicted octanol–water partition coefficient (Wildman–Crippen LogP) is 5.24. The van der Waals surface area contributed by atoms with Crippen molar-refractivity contribution >= 4 is 72.6 Å². The first kappa shape index (κ1) is 19.2. The molecule has 0 aliphatic carbocycles. The number of benzene rings is 2. The summed E-state index contributed by atoms with van der Waals surface area (Å²) in [5.74, 6) is -1.04. The van der Waals surface area contributed by atoms with Crippen LogP contribution in [0.5, 0.6) is 0 Å². The molecule has 0 heterocycles. The number of esters is 1. The summed E-state index contributed by atoms with van der Waals surface area (Å²) < 4.78 is 6.54. The summed E-state index contributed by atoms with van der Waals surface area (Å²) in [5.41, 5.74) is 1.05. The maximum Gasteiger partial charge on any atom is 0.310 e. The number of carbonyl (C=O) groups excluding carboxylic acids is 2. The highest BCUT2D eigenvalue weighted by Crippen LogP contribution is 2.26. The lowest BCUT2D eigenvalue weighted by Gasteiger charge is -2.09. The second-order valence-corrected chi connectivity index (χ2v) is 7.29. The Morgan fingerprint density at radius 1 is 1.08 bits per heavy atom. The summed E-state index contributed by atoms with van der Waals surface area (Å²) in [6, 6.07) is 10.2. The van der Waals surface area contributed by atoms with Gasteiger partial charge < -0.3 is 10.1 Å². The second-order valence-electron chi connectivity index (χ2n) is 4.71. The van der Waals surface area contributed by atoms with E-state index < -0.39 is 18.5 Å². The van der Waals surface area contributed by atoms with Crippen molar-refractivity contribution in [3.8, 4) is 0 Å². The van der Waals surface area contributed by atoms with Crippen molar-refractivity contribution in [2.45, 2.75) is 6.42 Å². The summed E-state index contributed by atoms with van der Waals surface area (Å²) in [4.78, 5) is 23.7. The standard InChI is InChI=1S/C16H11Br2Cl2NO3/c17-9-4-5-14(11(18)6-9)21-15(22)8-24-16(23)7-10-12(19)2-1-3-13(10)20/h1-6H,7-8H2,(H,21,22). The molecule has 0 aromatic heterocycles. The van der Waals surface area contributed by atoms with Crippen LogP contribution in [0.3, 0.4) is 0 Å². The molecule has 8 heteroatoms. The quantitative estimate of drug-likeness (QED) is 0.577. The van der Waals surface area contributed by atoms with E-state index in [0.717, 1.165) is 4.47 Å². The number of amides is 1. The third-order valence-corrected chi connectivity index (χ3v) is 4.81. The van der Waals surface area contributed by atoms with E-state index in [1.54, 1.807) is 36.4 Å². The fourth-order valence-corrected chi connectivity index (χ4v) is 3.50. The van der Waals surface area contributed by atoms with Gasteiger partial charge in [-0.2, -0.15) is 0 Å². The van der Waals surface area contributed by atoms with E-state index in [-0.39, 0.29) is 6.42 Å². The number of nitrogens with one attached hydrogen (secondary N) is 1. The van der Waals surface area contributed by atoms with Gasteiger partial charge in [-0.3, -0.25) is 9.59 Å².